The maximum atomic E-state index is 6.00. The Morgan fingerprint density at radius 2 is 2.21 bits per heavy atom. The average molecular weight is 261 g/mol. The number of ether oxygens (including phenoxy) is 1. The smallest absolute Gasteiger partial charge is 0.181 e. The van der Waals surface area contributed by atoms with Crippen molar-refractivity contribution >= 4 is 11.1 Å². The highest BCUT2D eigenvalue weighted by atomic mass is 16.5. The minimum absolute atomic E-state index is 0.00278. The third-order valence-electron chi connectivity index (χ3n) is 3.95. The summed E-state index contributed by atoms with van der Waals surface area (Å²) in [5.41, 5.74) is 8.89. The first-order valence-electron chi connectivity index (χ1n) is 6.44. The third kappa shape index (κ3) is 1.94. The number of rotatable bonds is 4. The lowest BCUT2D eigenvalue weighted by Crippen LogP contribution is -2.55. The van der Waals surface area contributed by atoms with Gasteiger partial charge in [-0.1, -0.05) is 6.07 Å². The number of aromatic nitrogens is 1. The zero-order chi connectivity index (χ0) is 13.5. The fraction of sp³-hybridized carbons (Fsp3) is 0.500. The van der Waals surface area contributed by atoms with Crippen LogP contribution >= 0.6 is 0 Å². The Kier molecular flexibility index (Phi) is 3.05. The van der Waals surface area contributed by atoms with Crippen molar-refractivity contribution in [2.45, 2.75) is 6.04 Å². The van der Waals surface area contributed by atoms with Crippen molar-refractivity contribution in [1.29, 1.82) is 0 Å². The van der Waals surface area contributed by atoms with Crippen LogP contribution in [0.3, 0.4) is 0 Å². The van der Waals surface area contributed by atoms with Gasteiger partial charge in [-0.25, -0.2) is 4.98 Å². The van der Waals surface area contributed by atoms with Crippen LogP contribution in [0.1, 0.15) is 11.6 Å². The molecule has 1 aliphatic heterocycles. The fourth-order valence-corrected chi connectivity index (χ4v) is 2.99. The van der Waals surface area contributed by atoms with E-state index in [-0.39, 0.29) is 11.5 Å². The number of benzene rings is 1. The lowest BCUT2D eigenvalue weighted by Gasteiger charge is -2.49. The SMILES string of the molecule is CN(C)C(c1ccc2ncoc2c1)C1(CN)COC1. The van der Waals surface area contributed by atoms with E-state index in [0.717, 1.165) is 11.1 Å². The molecule has 102 valence electrons. The van der Waals surface area contributed by atoms with Crippen LogP contribution in [0.25, 0.3) is 11.1 Å². The number of nitrogens with zero attached hydrogens (tertiary/aromatic N) is 2. The molecule has 0 saturated carbocycles. The minimum Gasteiger partial charge on any atom is -0.443 e. The molecule has 0 bridgehead atoms. The van der Waals surface area contributed by atoms with E-state index in [1.807, 2.05) is 6.07 Å². The summed E-state index contributed by atoms with van der Waals surface area (Å²) in [5.74, 6) is 0. The molecule has 0 spiro atoms. The molecule has 5 nitrogen and oxygen atoms in total. The van der Waals surface area contributed by atoms with E-state index in [9.17, 15) is 0 Å². The minimum atomic E-state index is -0.00278. The van der Waals surface area contributed by atoms with Crippen molar-refractivity contribution in [2.24, 2.45) is 11.1 Å². The molecule has 2 N–H and O–H groups in total. The summed E-state index contributed by atoms with van der Waals surface area (Å²) in [5, 5.41) is 0. The molecule has 1 aliphatic rings. The Balaban J connectivity index is 2.03. The lowest BCUT2D eigenvalue weighted by atomic mass is 9.74. The van der Waals surface area contributed by atoms with E-state index >= 15 is 0 Å². The number of oxazole rings is 1. The van der Waals surface area contributed by atoms with Crippen molar-refractivity contribution in [1.82, 2.24) is 9.88 Å². The molecule has 2 heterocycles. The number of fused-ring (bicyclic) bond motifs is 1. The Morgan fingerprint density at radius 1 is 1.42 bits per heavy atom. The lowest BCUT2D eigenvalue weighted by molar-refractivity contribution is -0.145. The molecule has 2 aromatic rings. The maximum absolute atomic E-state index is 6.00. The van der Waals surface area contributed by atoms with Crippen LogP contribution in [0.15, 0.2) is 29.0 Å². The molecular formula is C14H19N3O2. The van der Waals surface area contributed by atoms with E-state index in [1.54, 1.807) is 0 Å². The quantitative estimate of drug-likeness (QED) is 0.901. The van der Waals surface area contributed by atoms with E-state index in [4.69, 9.17) is 14.9 Å². The molecule has 1 atom stereocenters. The van der Waals surface area contributed by atoms with Gasteiger partial charge in [0.1, 0.15) is 5.52 Å². The van der Waals surface area contributed by atoms with Crippen molar-refractivity contribution < 1.29 is 9.15 Å². The second-order valence-electron chi connectivity index (χ2n) is 5.50. The summed E-state index contributed by atoms with van der Waals surface area (Å²) in [7, 11) is 4.15. The van der Waals surface area contributed by atoms with Gasteiger partial charge in [-0.05, 0) is 31.8 Å². The first-order chi connectivity index (χ1) is 9.16. The van der Waals surface area contributed by atoms with Gasteiger partial charge in [-0.15, -0.1) is 0 Å². The molecule has 0 amide bonds. The highest BCUT2D eigenvalue weighted by molar-refractivity contribution is 5.73. The van der Waals surface area contributed by atoms with Crippen LogP contribution in [-0.2, 0) is 4.74 Å². The summed E-state index contributed by atoms with van der Waals surface area (Å²) in [6, 6.07) is 6.38. The van der Waals surface area contributed by atoms with Crippen LogP contribution < -0.4 is 5.73 Å². The molecule has 0 aliphatic carbocycles. The fourth-order valence-electron chi connectivity index (χ4n) is 2.99. The Morgan fingerprint density at radius 3 is 2.79 bits per heavy atom. The van der Waals surface area contributed by atoms with Gasteiger partial charge in [0, 0.05) is 18.0 Å². The Bertz CT molecular complexity index is 569. The molecule has 19 heavy (non-hydrogen) atoms. The van der Waals surface area contributed by atoms with Crippen molar-refractivity contribution in [2.75, 3.05) is 33.9 Å². The van der Waals surface area contributed by atoms with Gasteiger partial charge < -0.3 is 19.8 Å². The van der Waals surface area contributed by atoms with Crippen LogP contribution in [0.5, 0.6) is 0 Å². The molecule has 1 unspecified atom stereocenters. The molecule has 3 rings (SSSR count). The predicted molar refractivity (Wildman–Crippen MR) is 72.7 cm³/mol. The van der Waals surface area contributed by atoms with Gasteiger partial charge in [0.25, 0.3) is 0 Å². The van der Waals surface area contributed by atoms with Gasteiger partial charge in [0.15, 0.2) is 12.0 Å². The zero-order valence-corrected chi connectivity index (χ0v) is 11.3. The van der Waals surface area contributed by atoms with Gasteiger partial charge >= 0.3 is 0 Å². The molecule has 5 heteroatoms. The zero-order valence-electron chi connectivity index (χ0n) is 11.3. The first kappa shape index (κ1) is 12.6. The second-order valence-corrected chi connectivity index (χ2v) is 5.50. The average Bonchev–Trinajstić information content (AvgIpc) is 2.80. The summed E-state index contributed by atoms with van der Waals surface area (Å²) in [4.78, 5) is 6.35. The maximum Gasteiger partial charge on any atom is 0.181 e. The Labute approximate surface area is 112 Å². The summed E-state index contributed by atoms with van der Waals surface area (Å²) in [6.07, 6.45) is 1.48. The van der Waals surface area contributed by atoms with Crippen LogP contribution in [0.4, 0.5) is 0 Å². The van der Waals surface area contributed by atoms with Crippen LogP contribution in [0.2, 0.25) is 0 Å². The highest BCUT2D eigenvalue weighted by Crippen LogP contribution is 2.43. The van der Waals surface area contributed by atoms with Crippen molar-refractivity contribution in [3.8, 4) is 0 Å². The van der Waals surface area contributed by atoms with Gasteiger partial charge in [-0.3, -0.25) is 0 Å². The number of hydrogen-bond donors (Lipinski definition) is 1. The Hall–Kier alpha value is -1.43. The molecule has 0 radical (unpaired) electrons. The van der Waals surface area contributed by atoms with Gasteiger partial charge in [-0.2, -0.15) is 0 Å². The first-order valence-corrected chi connectivity index (χ1v) is 6.44. The summed E-state index contributed by atoms with van der Waals surface area (Å²) < 4.78 is 10.8. The molecule has 1 fully saturated rings. The van der Waals surface area contributed by atoms with E-state index in [0.29, 0.717) is 19.8 Å². The van der Waals surface area contributed by atoms with E-state index in [1.165, 1.54) is 12.0 Å². The number of hydrogen-bond acceptors (Lipinski definition) is 5. The second kappa shape index (κ2) is 4.59. The highest BCUT2D eigenvalue weighted by Gasteiger charge is 2.46. The van der Waals surface area contributed by atoms with Crippen molar-refractivity contribution in [3.63, 3.8) is 0 Å². The van der Waals surface area contributed by atoms with Crippen molar-refractivity contribution in [3.05, 3.63) is 30.2 Å². The predicted octanol–water partition coefficient (Wildman–Crippen LogP) is 1.41. The largest absolute Gasteiger partial charge is 0.443 e. The van der Waals surface area contributed by atoms with Gasteiger partial charge in [0.2, 0.25) is 0 Å². The third-order valence-corrected chi connectivity index (χ3v) is 3.95. The monoisotopic (exact) mass is 261 g/mol. The summed E-state index contributed by atoms with van der Waals surface area (Å²) >= 11 is 0. The van der Waals surface area contributed by atoms with Gasteiger partial charge in [0.05, 0.1) is 13.2 Å². The number of nitrogens with two attached hydrogens (primary N) is 1. The molecule has 1 saturated heterocycles. The van der Waals surface area contributed by atoms with Crippen LogP contribution in [0, 0.1) is 5.41 Å². The topological polar surface area (TPSA) is 64.5 Å². The summed E-state index contributed by atoms with van der Waals surface area (Å²) in [6.45, 7) is 2.03. The molecule has 1 aromatic heterocycles. The van der Waals surface area contributed by atoms with E-state index < -0.39 is 0 Å². The van der Waals surface area contributed by atoms with Crippen LogP contribution in [-0.4, -0.2) is 43.7 Å². The molecule has 1 aromatic carbocycles. The van der Waals surface area contributed by atoms with E-state index in [2.05, 4.69) is 36.1 Å². The standard InChI is InChI=1S/C14H19N3O2/c1-17(2)13(14(6-15)7-18-8-14)10-3-4-11-12(5-10)19-9-16-11/h3-5,9,13H,6-8,15H2,1-2H3. The normalized spacial score (nSPS) is 19.6. The molecular weight excluding hydrogens is 242 g/mol.